The van der Waals surface area contributed by atoms with Crippen LogP contribution in [0.4, 0.5) is 0 Å². The molecule has 0 atom stereocenters. The molecule has 0 aliphatic heterocycles. The summed E-state index contributed by atoms with van der Waals surface area (Å²) in [6.45, 7) is -0.249. The minimum absolute atomic E-state index is 0.249. The van der Waals surface area contributed by atoms with Crippen molar-refractivity contribution in [3.63, 3.8) is 0 Å². The Morgan fingerprint density at radius 2 is 1.87 bits per heavy atom. The lowest BCUT2D eigenvalue weighted by molar-refractivity contribution is -0.497. The summed E-state index contributed by atoms with van der Waals surface area (Å²) >= 11 is 3.24. The molecule has 0 fully saturated rings. The van der Waals surface area contributed by atoms with E-state index >= 15 is 0 Å². The maximum absolute atomic E-state index is 10.4. The summed E-state index contributed by atoms with van der Waals surface area (Å²) in [5.41, 5.74) is 0.553. The van der Waals surface area contributed by atoms with Gasteiger partial charge in [0.15, 0.2) is 11.5 Å². The molecule has 82 valence electrons. The normalized spacial score (nSPS) is 9.80. The maximum Gasteiger partial charge on any atom is 0.230 e. The van der Waals surface area contributed by atoms with Crippen molar-refractivity contribution in [2.75, 3.05) is 14.2 Å². The van der Waals surface area contributed by atoms with Gasteiger partial charge in [0, 0.05) is 15.0 Å². The average Bonchev–Trinajstić information content (AvgIpc) is 2.19. The number of halogens is 1. The fourth-order valence-corrected chi connectivity index (χ4v) is 1.60. The number of rotatable bonds is 4. The Labute approximate surface area is 95.3 Å². The molecule has 0 saturated carbocycles. The molecule has 15 heavy (non-hydrogen) atoms. The van der Waals surface area contributed by atoms with Crippen LogP contribution in [0.15, 0.2) is 16.6 Å². The largest absolute Gasteiger partial charge is 0.493 e. The number of benzene rings is 1. The summed E-state index contributed by atoms with van der Waals surface area (Å²) in [6, 6.07) is 3.24. The predicted octanol–water partition coefficient (Wildman–Crippen LogP) is 2.24. The van der Waals surface area contributed by atoms with Crippen molar-refractivity contribution >= 4 is 15.9 Å². The van der Waals surface area contributed by atoms with Crippen molar-refractivity contribution in [3.8, 4) is 11.5 Å². The molecule has 1 aromatic rings. The molecule has 5 nitrogen and oxygen atoms in total. The van der Waals surface area contributed by atoms with E-state index in [1.54, 1.807) is 12.1 Å². The van der Waals surface area contributed by atoms with E-state index in [9.17, 15) is 10.1 Å². The van der Waals surface area contributed by atoms with Gasteiger partial charge in [-0.05, 0) is 12.1 Å². The molecule has 1 aromatic carbocycles. The van der Waals surface area contributed by atoms with Crippen molar-refractivity contribution in [1.82, 2.24) is 0 Å². The zero-order chi connectivity index (χ0) is 11.4. The van der Waals surface area contributed by atoms with Gasteiger partial charge in [-0.15, -0.1) is 0 Å². The Balaban J connectivity index is 3.13. The minimum Gasteiger partial charge on any atom is -0.493 e. The molecule has 6 heteroatoms. The van der Waals surface area contributed by atoms with Gasteiger partial charge in [0.1, 0.15) is 0 Å². The summed E-state index contributed by atoms with van der Waals surface area (Å²) in [6.07, 6.45) is 0. The maximum atomic E-state index is 10.4. The minimum atomic E-state index is -0.397. The smallest absolute Gasteiger partial charge is 0.230 e. The van der Waals surface area contributed by atoms with E-state index in [1.807, 2.05) is 0 Å². The molecule has 0 spiro atoms. The second-order valence-corrected chi connectivity index (χ2v) is 3.64. The summed E-state index contributed by atoms with van der Waals surface area (Å²) < 4.78 is 10.7. The van der Waals surface area contributed by atoms with Gasteiger partial charge >= 0.3 is 0 Å². The van der Waals surface area contributed by atoms with Crippen LogP contribution in [0.1, 0.15) is 5.56 Å². The van der Waals surface area contributed by atoms with E-state index in [4.69, 9.17) is 9.47 Å². The predicted molar refractivity (Wildman–Crippen MR) is 57.9 cm³/mol. The molecule has 0 amide bonds. The topological polar surface area (TPSA) is 61.6 Å². The molecule has 0 heterocycles. The van der Waals surface area contributed by atoms with Crippen LogP contribution in [0.5, 0.6) is 11.5 Å². The van der Waals surface area contributed by atoms with Crippen LogP contribution >= 0.6 is 15.9 Å². The van der Waals surface area contributed by atoms with Gasteiger partial charge in [0.25, 0.3) is 0 Å². The first-order valence-corrected chi connectivity index (χ1v) is 4.90. The van der Waals surface area contributed by atoms with Gasteiger partial charge in [0.05, 0.1) is 14.2 Å². The van der Waals surface area contributed by atoms with Crippen molar-refractivity contribution in [1.29, 1.82) is 0 Å². The van der Waals surface area contributed by atoms with Crippen LogP contribution in [0, 0.1) is 10.1 Å². The van der Waals surface area contributed by atoms with E-state index < -0.39 is 4.92 Å². The van der Waals surface area contributed by atoms with E-state index in [0.29, 0.717) is 21.5 Å². The molecule has 0 aromatic heterocycles. The summed E-state index contributed by atoms with van der Waals surface area (Å²) in [7, 11) is 3.00. The van der Waals surface area contributed by atoms with Gasteiger partial charge in [0.2, 0.25) is 6.54 Å². The third-order valence-corrected chi connectivity index (χ3v) is 2.59. The number of nitrogens with zero attached hydrogens (tertiary/aromatic N) is 1. The second kappa shape index (κ2) is 4.97. The quantitative estimate of drug-likeness (QED) is 0.625. The Hall–Kier alpha value is -1.30. The molecule has 0 aliphatic rings. The highest BCUT2D eigenvalue weighted by Crippen LogP contribution is 2.33. The third kappa shape index (κ3) is 2.82. The summed E-state index contributed by atoms with van der Waals surface area (Å²) in [5, 5.41) is 10.4. The zero-order valence-corrected chi connectivity index (χ0v) is 9.91. The molecule has 0 unspecified atom stereocenters. The van der Waals surface area contributed by atoms with Crippen molar-refractivity contribution in [2.24, 2.45) is 0 Å². The lowest BCUT2D eigenvalue weighted by Gasteiger charge is -2.09. The van der Waals surface area contributed by atoms with E-state index in [2.05, 4.69) is 15.9 Å². The highest BCUT2D eigenvalue weighted by atomic mass is 79.9. The number of ether oxygens (including phenoxy) is 2. The molecule has 0 bridgehead atoms. The summed E-state index contributed by atoms with van der Waals surface area (Å²) in [4.78, 5) is 9.99. The summed E-state index contributed by atoms with van der Waals surface area (Å²) in [5.74, 6) is 1.02. The average molecular weight is 276 g/mol. The molecule has 0 aliphatic carbocycles. The van der Waals surface area contributed by atoms with Gasteiger partial charge in [-0.1, -0.05) is 15.9 Å². The van der Waals surface area contributed by atoms with Crippen LogP contribution in [0.2, 0.25) is 0 Å². The molecule has 1 rings (SSSR count). The number of methoxy groups -OCH3 is 2. The van der Waals surface area contributed by atoms with Crippen molar-refractivity contribution < 1.29 is 14.4 Å². The monoisotopic (exact) mass is 275 g/mol. The first-order valence-electron chi connectivity index (χ1n) is 4.10. The third-order valence-electron chi connectivity index (χ3n) is 1.85. The van der Waals surface area contributed by atoms with Gasteiger partial charge in [-0.3, -0.25) is 10.1 Å². The molecule has 0 radical (unpaired) electrons. The second-order valence-electron chi connectivity index (χ2n) is 2.79. The Morgan fingerprint density at radius 1 is 1.33 bits per heavy atom. The highest BCUT2D eigenvalue weighted by molar-refractivity contribution is 9.10. The van der Waals surface area contributed by atoms with Gasteiger partial charge in [-0.25, -0.2) is 0 Å². The van der Waals surface area contributed by atoms with Crippen LogP contribution in [-0.4, -0.2) is 19.1 Å². The molecule has 0 N–H and O–H groups in total. The van der Waals surface area contributed by atoms with Gasteiger partial charge in [-0.2, -0.15) is 0 Å². The van der Waals surface area contributed by atoms with Crippen LogP contribution in [0.25, 0.3) is 0 Å². The molecule has 0 saturated heterocycles. The fraction of sp³-hybridized carbons (Fsp3) is 0.333. The van der Waals surface area contributed by atoms with Crippen LogP contribution in [-0.2, 0) is 6.54 Å². The first kappa shape index (κ1) is 11.8. The van der Waals surface area contributed by atoms with Crippen molar-refractivity contribution in [2.45, 2.75) is 6.54 Å². The van der Waals surface area contributed by atoms with E-state index in [-0.39, 0.29) is 6.54 Å². The van der Waals surface area contributed by atoms with E-state index in [1.165, 1.54) is 14.2 Å². The van der Waals surface area contributed by atoms with Crippen LogP contribution < -0.4 is 9.47 Å². The number of hydrogen-bond acceptors (Lipinski definition) is 4. The molecular formula is C9H10BrNO4. The van der Waals surface area contributed by atoms with E-state index in [0.717, 1.165) is 0 Å². The standard InChI is InChI=1S/C9H10BrNO4/c1-14-8-3-6(5-11(12)13)7(10)4-9(8)15-2/h3-4H,5H2,1-2H3. The lowest BCUT2D eigenvalue weighted by Crippen LogP contribution is -2.00. The Bertz CT molecular complexity index is 381. The zero-order valence-electron chi connectivity index (χ0n) is 8.32. The SMILES string of the molecule is COc1cc(Br)c(C[N+](=O)[O-])cc1OC. The number of hydrogen-bond donors (Lipinski definition) is 0. The first-order chi connectivity index (χ1) is 7.08. The molecular weight excluding hydrogens is 266 g/mol. The van der Waals surface area contributed by atoms with Crippen LogP contribution in [0.3, 0.4) is 0 Å². The fourth-order valence-electron chi connectivity index (χ4n) is 1.16. The Kier molecular flexibility index (Phi) is 3.90. The Morgan fingerprint density at radius 3 is 2.33 bits per heavy atom. The van der Waals surface area contributed by atoms with Gasteiger partial charge < -0.3 is 9.47 Å². The number of nitro groups is 1. The highest BCUT2D eigenvalue weighted by Gasteiger charge is 2.12. The lowest BCUT2D eigenvalue weighted by atomic mass is 10.2. The van der Waals surface area contributed by atoms with Crippen molar-refractivity contribution in [3.05, 3.63) is 32.3 Å².